The molecule has 2 heterocycles. The molecule has 1 aliphatic heterocycles. The van der Waals surface area contributed by atoms with Crippen LogP contribution in [0.5, 0.6) is 0 Å². The summed E-state index contributed by atoms with van der Waals surface area (Å²) in [6.07, 6.45) is 1.78. The first-order chi connectivity index (χ1) is 15.8. The largest absolute Gasteiger partial charge is 0.322 e. The molecule has 0 atom stereocenters. The van der Waals surface area contributed by atoms with Crippen LogP contribution in [0.1, 0.15) is 15.9 Å². The number of hydrogen-bond donors (Lipinski definition) is 1. The van der Waals surface area contributed by atoms with E-state index in [-0.39, 0.29) is 16.3 Å². The van der Waals surface area contributed by atoms with Crippen molar-refractivity contribution < 1.29 is 13.2 Å². The number of halogens is 1. The van der Waals surface area contributed by atoms with E-state index in [1.165, 1.54) is 16.4 Å². The number of anilines is 2. The van der Waals surface area contributed by atoms with Gasteiger partial charge in [0.15, 0.2) is 5.82 Å². The lowest BCUT2D eigenvalue weighted by Gasteiger charge is -2.32. The summed E-state index contributed by atoms with van der Waals surface area (Å²) in [7, 11) is -3.26. The van der Waals surface area contributed by atoms with Gasteiger partial charge in [0.05, 0.1) is 27.5 Å². The van der Waals surface area contributed by atoms with Gasteiger partial charge in [-0.25, -0.2) is 18.4 Å². The van der Waals surface area contributed by atoms with Crippen LogP contribution in [0.25, 0.3) is 22.3 Å². The molecule has 9 heteroatoms. The Morgan fingerprint density at radius 2 is 1.91 bits per heavy atom. The predicted molar refractivity (Wildman–Crippen MR) is 130 cm³/mol. The van der Waals surface area contributed by atoms with E-state index in [1.807, 2.05) is 43.3 Å². The van der Waals surface area contributed by atoms with E-state index in [1.54, 1.807) is 18.3 Å². The number of nitrogens with zero attached hydrogens (tertiary/aromatic N) is 3. The van der Waals surface area contributed by atoms with Gasteiger partial charge in [0, 0.05) is 29.4 Å². The smallest absolute Gasteiger partial charge is 0.257 e. The average Bonchev–Trinajstić information content (AvgIpc) is 2.79. The van der Waals surface area contributed by atoms with Crippen molar-refractivity contribution in [1.29, 1.82) is 0 Å². The molecule has 5 rings (SSSR count). The first-order valence-corrected chi connectivity index (χ1v) is 12.2. The molecular formula is C24H19ClN4O3S. The molecule has 0 saturated carbocycles. The third-order valence-corrected chi connectivity index (χ3v) is 7.67. The van der Waals surface area contributed by atoms with E-state index in [9.17, 15) is 13.2 Å². The average molecular weight is 479 g/mol. The van der Waals surface area contributed by atoms with E-state index in [0.717, 1.165) is 22.0 Å². The minimum atomic E-state index is -3.26. The summed E-state index contributed by atoms with van der Waals surface area (Å²) >= 11 is 6.31. The third kappa shape index (κ3) is 4.03. The van der Waals surface area contributed by atoms with Crippen molar-refractivity contribution in [2.24, 2.45) is 0 Å². The van der Waals surface area contributed by atoms with E-state index in [2.05, 4.69) is 15.3 Å². The molecule has 33 heavy (non-hydrogen) atoms. The van der Waals surface area contributed by atoms with E-state index >= 15 is 0 Å². The summed E-state index contributed by atoms with van der Waals surface area (Å²) in [6, 6.07) is 17.9. The summed E-state index contributed by atoms with van der Waals surface area (Å²) in [5.74, 6) is 0.288. The quantitative estimate of drug-likeness (QED) is 0.460. The van der Waals surface area contributed by atoms with Crippen LogP contribution >= 0.6 is 11.6 Å². The van der Waals surface area contributed by atoms with Crippen molar-refractivity contribution in [1.82, 2.24) is 9.97 Å². The van der Waals surface area contributed by atoms with Crippen molar-refractivity contribution in [2.45, 2.75) is 6.92 Å². The lowest BCUT2D eigenvalue weighted by Crippen LogP contribution is -2.47. The number of sulfonamides is 1. The molecule has 166 valence electrons. The second kappa shape index (κ2) is 8.13. The van der Waals surface area contributed by atoms with Crippen LogP contribution < -0.4 is 9.62 Å². The number of carbonyl (C=O) groups is 1. The van der Waals surface area contributed by atoms with Gasteiger partial charge in [-0.2, -0.15) is 0 Å². The van der Waals surface area contributed by atoms with Gasteiger partial charge in [-0.3, -0.25) is 9.10 Å². The molecule has 1 fully saturated rings. The number of nitrogens with one attached hydrogen (secondary N) is 1. The highest BCUT2D eigenvalue weighted by atomic mass is 35.5. The molecule has 1 aliphatic rings. The van der Waals surface area contributed by atoms with Crippen LogP contribution in [0, 0.1) is 6.92 Å². The summed E-state index contributed by atoms with van der Waals surface area (Å²) < 4.78 is 24.9. The molecule has 4 aromatic rings. The Labute approximate surface area is 196 Å². The van der Waals surface area contributed by atoms with Crippen LogP contribution in [0.3, 0.4) is 0 Å². The molecular weight excluding hydrogens is 460 g/mol. The topological polar surface area (TPSA) is 92.3 Å². The van der Waals surface area contributed by atoms with Crippen LogP contribution in [0.15, 0.2) is 66.9 Å². The van der Waals surface area contributed by atoms with Gasteiger partial charge >= 0.3 is 0 Å². The molecule has 0 aliphatic carbocycles. The van der Waals surface area contributed by atoms with Crippen LogP contribution in [-0.4, -0.2) is 36.6 Å². The van der Waals surface area contributed by atoms with Crippen LogP contribution in [0.4, 0.5) is 11.4 Å². The van der Waals surface area contributed by atoms with Gasteiger partial charge in [0.1, 0.15) is 0 Å². The summed E-state index contributed by atoms with van der Waals surface area (Å²) in [5, 5.41) is 3.99. The Kier molecular flexibility index (Phi) is 5.26. The number of aryl methyl sites for hydroxylation is 1. The standard InChI is InChI=1S/C24H19ClN4O3S/c1-15-6-7-17(12-20(15)23-26-14-16-4-2-3-5-22(16)28-23)27-24(30)19-9-8-18(13-21(19)25)29-10-11-33(29,31)32/h2-9,12-14H,10-11H2,1H3,(H,27,30). The number of rotatable bonds is 4. The SMILES string of the molecule is Cc1ccc(NC(=O)c2ccc(N3CCS3(=O)=O)cc2Cl)cc1-c1ncc2ccccc2n1. The molecule has 0 bridgehead atoms. The first-order valence-electron chi connectivity index (χ1n) is 10.3. The molecule has 3 aromatic carbocycles. The third-order valence-electron chi connectivity index (χ3n) is 5.60. The number of para-hydroxylation sites is 1. The molecule has 1 N–H and O–H groups in total. The Morgan fingerprint density at radius 3 is 2.64 bits per heavy atom. The Balaban J connectivity index is 1.41. The van der Waals surface area contributed by atoms with Gasteiger partial charge in [-0.15, -0.1) is 0 Å². The fourth-order valence-corrected chi connectivity index (χ4v) is 5.06. The van der Waals surface area contributed by atoms with Crippen LogP contribution in [-0.2, 0) is 10.0 Å². The van der Waals surface area contributed by atoms with Gasteiger partial charge in [0.2, 0.25) is 10.0 Å². The zero-order valence-corrected chi connectivity index (χ0v) is 19.2. The molecule has 1 amide bonds. The van der Waals surface area contributed by atoms with Gasteiger partial charge < -0.3 is 5.32 Å². The van der Waals surface area contributed by atoms with Crippen molar-refractivity contribution in [3.8, 4) is 11.4 Å². The van der Waals surface area contributed by atoms with E-state index < -0.39 is 15.9 Å². The van der Waals surface area contributed by atoms with Gasteiger partial charge in [-0.05, 0) is 48.9 Å². The van der Waals surface area contributed by atoms with Crippen LogP contribution in [0.2, 0.25) is 5.02 Å². The maximum absolute atomic E-state index is 12.9. The highest BCUT2D eigenvalue weighted by Gasteiger charge is 2.33. The second-order valence-corrected chi connectivity index (χ2v) is 10.2. The zero-order valence-electron chi connectivity index (χ0n) is 17.6. The van der Waals surface area contributed by atoms with E-state index in [4.69, 9.17) is 11.6 Å². The zero-order chi connectivity index (χ0) is 23.2. The predicted octanol–water partition coefficient (Wildman–Crippen LogP) is 4.66. The molecule has 1 saturated heterocycles. The van der Waals surface area contributed by atoms with Gasteiger partial charge in [0.25, 0.3) is 5.91 Å². The van der Waals surface area contributed by atoms with Crippen molar-refractivity contribution >= 4 is 49.8 Å². The lowest BCUT2D eigenvalue weighted by molar-refractivity contribution is 0.102. The maximum Gasteiger partial charge on any atom is 0.257 e. The summed E-state index contributed by atoms with van der Waals surface area (Å²) in [5.41, 5.74) is 3.90. The normalized spacial score (nSPS) is 14.7. The number of benzene rings is 3. The highest BCUT2D eigenvalue weighted by Crippen LogP contribution is 2.30. The number of aromatic nitrogens is 2. The van der Waals surface area contributed by atoms with Crippen molar-refractivity contribution in [2.75, 3.05) is 21.9 Å². The van der Waals surface area contributed by atoms with Gasteiger partial charge in [-0.1, -0.05) is 35.9 Å². The molecule has 7 nitrogen and oxygen atoms in total. The minimum absolute atomic E-state index is 0.115. The lowest BCUT2D eigenvalue weighted by atomic mass is 10.1. The minimum Gasteiger partial charge on any atom is -0.322 e. The number of amides is 1. The number of carbonyl (C=O) groups excluding carboxylic acids is 1. The number of hydrogen-bond acceptors (Lipinski definition) is 5. The first kappa shape index (κ1) is 21.4. The Morgan fingerprint density at radius 1 is 1.09 bits per heavy atom. The summed E-state index contributed by atoms with van der Waals surface area (Å²) in [4.78, 5) is 22.0. The summed E-state index contributed by atoms with van der Waals surface area (Å²) in [6.45, 7) is 2.37. The highest BCUT2D eigenvalue weighted by molar-refractivity contribution is 7.94. The molecule has 1 aromatic heterocycles. The second-order valence-electron chi connectivity index (χ2n) is 7.79. The fraction of sp³-hybridized carbons (Fsp3) is 0.125. The molecule has 0 spiro atoms. The van der Waals surface area contributed by atoms with Crippen molar-refractivity contribution in [3.05, 3.63) is 83.0 Å². The maximum atomic E-state index is 12.9. The van der Waals surface area contributed by atoms with Crippen molar-refractivity contribution in [3.63, 3.8) is 0 Å². The fourth-order valence-electron chi connectivity index (χ4n) is 3.71. The Hall–Kier alpha value is -3.49. The molecule has 0 unspecified atom stereocenters. The molecule has 0 radical (unpaired) electrons. The Bertz CT molecular complexity index is 1520. The monoisotopic (exact) mass is 478 g/mol. The number of fused-ring (bicyclic) bond motifs is 1. The van der Waals surface area contributed by atoms with E-state index in [0.29, 0.717) is 23.7 Å².